The summed E-state index contributed by atoms with van der Waals surface area (Å²) >= 11 is 12.0. The number of carbonyl (C=O) groups is 1. The Balaban J connectivity index is 2.06. The van der Waals surface area contributed by atoms with Gasteiger partial charge in [-0.1, -0.05) is 23.2 Å². The standard InChI is InChI=1S/C16H10Cl2F3N3O/c17-10-4-9(5-11(18)6-10)12-7-13(15(25)22-8-16(19,20)21)23-24-3-1-2-14(12)24/h1-7H,8H2,(H,22,25). The molecule has 0 atom stereocenters. The van der Waals surface area contributed by atoms with E-state index in [1.54, 1.807) is 41.8 Å². The first-order valence-electron chi connectivity index (χ1n) is 7.03. The molecule has 0 saturated heterocycles. The van der Waals surface area contributed by atoms with E-state index < -0.39 is 18.6 Å². The van der Waals surface area contributed by atoms with Crippen molar-refractivity contribution in [3.8, 4) is 11.1 Å². The van der Waals surface area contributed by atoms with Gasteiger partial charge in [-0.05, 0) is 42.0 Å². The summed E-state index contributed by atoms with van der Waals surface area (Å²) < 4.78 is 38.3. The van der Waals surface area contributed by atoms with Gasteiger partial charge < -0.3 is 5.32 Å². The van der Waals surface area contributed by atoms with E-state index in [0.717, 1.165) is 0 Å². The van der Waals surface area contributed by atoms with Crippen LogP contribution in [0.15, 0.2) is 42.6 Å². The highest BCUT2D eigenvalue weighted by molar-refractivity contribution is 6.35. The van der Waals surface area contributed by atoms with Crippen LogP contribution in [0.4, 0.5) is 13.2 Å². The number of hydrogen-bond donors (Lipinski definition) is 1. The minimum atomic E-state index is -4.50. The Labute approximate surface area is 150 Å². The van der Waals surface area contributed by atoms with E-state index in [-0.39, 0.29) is 5.69 Å². The number of halogens is 5. The van der Waals surface area contributed by atoms with Crippen molar-refractivity contribution in [2.24, 2.45) is 0 Å². The first-order valence-corrected chi connectivity index (χ1v) is 7.78. The number of aromatic nitrogens is 2. The highest BCUT2D eigenvalue weighted by Crippen LogP contribution is 2.30. The van der Waals surface area contributed by atoms with Crippen LogP contribution >= 0.6 is 23.2 Å². The number of hydrogen-bond acceptors (Lipinski definition) is 2. The van der Waals surface area contributed by atoms with Crippen LogP contribution in [0.2, 0.25) is 10.0 Å². The third kappa shape index (κ3) is 4.05. The van der Waals surface area contributed by atoms with Gasteiger partial charge in [-0.2, -0.15) is 18.3 Å². The van der Waals surface area contributed by atoms with Crippen LogP contribution in [0.25, 0.3) is 16.6 Å². The van der Waals surface area contributed by atoms with Crippen LogP contribution < -0.4 is 5.32 Å². The molecule has 3 aromatic rings. The number of fused-ring (bicyclic) bond motifs is 1. The zero-order chi connectivity index (χ0) is 18.2. The number of nitrogens with one attached hydrogen (secondary N) is 1. The van der Waals surface area contributed by atoms with Gasteiger partial charge in [0.15, 0.2) is 0 Å². The van der Waals surface area contributed by atoms with E-state index in [9.17, 15) is 18.0 Å². The third-order valence-corrected chi connectivity index (χ3v) is 3.79. The average Bonchev–Trinajstić information content (AvgIpc) is 2.98. The molecular formula is C16H10Cl2F3N3O. The lowest BCUT2D eigenvalue weighted by molar-refractivity contribution is -0.123. The van der Waals surface area contributed by atoms with Crippen LogP contribution in [-0.4, -0.2) is 28.2 Å². The number of amides is 1. The van der Waals surface area contributed by atoms with Crippen LogP contribution in [0, 0.1) is 0 Å². The van der Waals surface area contributed by atoms with E-state index in [1.807, 2.05) is 0 Å². The lowest BCUT2D eigenvalue weighted by Gasteiger charge is -2.11. The summed E-state index contributed by atoms with van der Waals surface area (Å²) in [6.07, 6.45) is -2.91. The fourth-order valence-corrected chi connectivity index (χ4v) is 2.88. The zero-order valence-corrected chi connectivity index (χ0v) is 14.0. The van der Waals surface area contributed by atoms with Gasteiger partial charge in [0.1, 0.15) is 12.2 Å². The van der Waals surface area contributed by atoms with Crippen LogP contribution in [0.1, 0.15) is 10.5 Å². The first-order chi connectivity index (χ1) is 11.7. The minimum Gasteiger partial charge on any atom is -0.342 e. The molecule has 1 aromatic carbocycles. The third-order valence-electron chi connectivity index (χ3n) is 3.36. The van der Waals surface area contributed by atoms with Crippen molar-refractivity contribution in [3.63, 3.8) is 0 Å². The number of benzene rings is 1. The maximum absolute atomic E-state index is 12.3. The molecule has 0 aliphatic carbocycles. The van der Waals surface area contributed by atoms with Crippen molar-refractivity contribution in [3.05, 3.63) is 58.3 Å². The van der Waals surface area contributed by atoms with Crippen molar-refractivity contribution in [1.82, 2.24) is 14.9 Å². The predicted octanol–water partition coefficient (Wildman–Crippen LogP) is 4.60. The van der Waals surface area contributed by atoms with E-state index in [0.29, 0.717) is 26.7 Å². The van der Waals surface area contributed by atoms with Crippen molar-refractivity contribution in [1.29, 1.82) is 0 Å². The Hall–Kier alpha value is -2.25. The second kappa shape index (κ2) is 6.57. The molecule has 4 nitrogen and oxygen atoms in total. The predicted molar refractivity (Wildman–Crippen MR) is 89.0 cm³/mol. The monoisotopic (exact) mass is 387 g/mol. The highest BCUT2D eigenvalue weighted by atomic mass is 35.5. The Morgan fingerprint density at radius 3 is 2.48 bits per heavy atom. The van der Waals surface area contributed by atoms with E-state index in [2.05, 4.69) is 5.10 Å². The van der Waals surface area contributed by atoms with Crippen LogP contribution in [-0.2, 0) is 0 Å². The Morgan fingerprint density at radius 2 is 1.84 bits per heavy atom. The molecule has 0 fully saturated rings. The van der Waals surface area contributed by atoms with Crippen molar-refractivity contribution < 1.29 is 18.0 Å². The molecule has 2 aromatic heterocycles. The smallest absolute Gasteiger partial charge is 0.342 e. The first kappa shape index (κ1) is 17.6. The summed E-state index contributed by atoms with van der Waals surface area (Å²) in [7, 11) is 0. The van der Waals surface area contributed by atoms with Crippen molar-refractivity contribution in [2.75, 3.05) is 6.54 Å². The fraction of sp³-hybridized carbons (Fsp3) is 0.125. The Kier molecular flexibility index (Phi) is 4.62. The number of alkyl halides is 3. The quantitative estimate of drug-likeness (QED) is 0.713. The Morgan fingerprint density at radius 1 is 1.16 bits per heavy atom. The van der Waals surface area contributed by atoms with Gasteiger partial charge in [0.2, 0.25) is 0 Å². The summed E-state index contributed by atoms with van der Waals surface area (Å²) in [6.45, 7) is -1.43. The van der Waals surface area contributed by atoms with Crippen molar-refractivity contribution in [2.45, 2.75) is 6.18 Å². The van der Waals surface area contributed by atoms with Gasteiger partial charge >= 0.3 is 6.18 Å². The summed E-state index contributed by atoms with van der Waals surface area (Å²) in [5, 5.41) is 6.63. The van der Waals surface area contributed by atoms with E-state index >= 15 is 0 Å². The molecule has 2 heterocycles. The van der Waals surface area contributed by atoms with E-state index in [4.69, 9.17) is 23.2 Å². The molecule has 3 rings (SSSR count). The normalized spacial score (nSPS) is 11.7. The maximum Gasteiger partial charge on any atom is 0.405 e. The molecule has 0 aliphatic rings. The molecule has 130 valence electrons. The second-order valence-electron chi connectivity index (χ2n) is 5.24. The Bertz CT molecular complexity index is 933. The summed E-state index contributed by atoms with van der Waals surface area (Å²) in [5.74, 6) is -0.928. The number of carbonyl (C=O) groups excluding carboxylic acids is 1. The van der Waals surface area contributed by atoms with Crippen LogP contribution in [0.5, 0.6) is 0 Å². The molecule has 0 radical (unpaired) electrons. The summed E-state index contributed by atoms with van der Waals surface area (Å²) in [6, 6.07) is 9.72. The second-order valence-corrected chi connectivity index (χ2v) is 6.11. The largest absolute Gasteiger partial charge is 0.405 e. The lowest BCUT2D eigenvalue weighted by Crippen LogP contribution is -2.34. The topological polar surface area (TPSA) is 46.4 Å². The maximum atomic E-state index is 12.3. The molecule has 0 unspecified atom stereocenters. The molecule has 0 spiro atoms. The molecule has 9 heteroatoms. The van der Waals surface area contributed by atoms with Gasteiger partial charge in [-0.15, -0.1) is 0 Å². The van der Waals surface area contributed by atoms with Gasteiger partial charge in [0.05, 0.1) is 5.52 Å². The van der Waals surface area contributed by atoms with Gasteiger partial charge in [0, 0.05) is 21.8 Å². The van der Waals surface area contributed by atoms with Crippen molar-refractivity contribution >= 4 is 34.6 Å². The molecule has 1 amide bonds. The molecule has 0 saturated carbocycles. The molecule has 0 aliphatic heterocycles. The molecule has 0 bridgehead atoms. The number of nitrogens with zero attached hydrogens (tertiary/aromatic N) is 2. The van der Waals surface area contributed by atoms with Crippen LogP contribution in [0.3, 0.4) is 0 Å². The lowest BCUT2D eigenvalue weighted by atomic mass is 10.1. The summed E-state index contributed by atoms with van der Waals surface area (Å²) in [4.78, 5) is 12.0. The minimum absolute atomic E-state index is 0.154. The zero-order valence-electron chi connectivity index (χ0n) is 12.4. The SMILES string of the molecule is O=C(NCC(F)(F)F)c1cc(-c2cc(Cl)cc(Cl)c2)c2cccn2n1. The molecule has 1 N–H and O–H groups in total. The average molecular weight is 388 g/mol. The van der Waals surface area contributed by atoms with Gasteiger partial charge in [0.25, 0.3) is 5.91 Å². The highest BCUT2D eigenvalue weighted by Gasteiger charge is 2.28. The molecular weight excluding hydrogens is 378 g/mol. The fourth-order valence-electron chi connectivity index (χ4n) is 2.35. The number of rotatable bonds is 3. The summed E-state index contributed by atoms with van der Waals surface area (Å²) in [5.41, 5.74) is 1.69. The van der Waals surface area contributed by atoms with Gasteiger partial charge in [-0.3, -0.25) is 4.79 Å². The molecule has 25 heavy (non-hydrogen) atoms. The van der Waals surface area contributed by atoms with E-state index in [1.165, 1.54) is 10.6 Å². The van der Waals surface area contributed by atoms with Gasteiger partial charge in [-0.25, -0.2) is 4.52 Å².